The highest BCUT2D eigenvalue weighted by Gasteiger charge is 2.09. The van der Waals surface area contributed by atoms with Crippen LogP contribution >= 0.6 is 11.3 Å². The Balaban J connectivity index is 1.66. The Morgan fingerprint density at radius 2 is 2.14 bits per heavy atom. The lowest BCUT2D eigenvalue weighted by Gasteiger charge is -2.07. The van der Waals surface area contributed by atoms with E-state index in [4.69, 9.17) is 0 Å². The molecular weight excluding hydrogens is 296 g/mol. The van der Waals surface area contributed by atoms with Crippen molar-refractivity contribution in [1.29, 1.82) is 0 Å². The lowest BCUT2D eigenvalue weighted by atomic mass is 10.3. The van der Waals surface area contributed by atoms with Crippen molar-refractivity contribution in [3.05, 3.63) is 47.5 Å². The molecule has 0 aliphatic heterocycles. The first-order valence-corrected chi connectivity index (χ1v) is 7.91. The summed E-state index contributed by atoms with van der Waals surface area (Å²) >= 11 is 1.72. The Morgan fingerprint density at radius 3 is 3.05 bits per heavy atom. The molecule has 0 bridgehead atoms. The van der Waals surface area contributed by atoms with Crippen molar-refractivity contribution in [2.75, 3.05) is 5.32 Å². The lowest BCUT2D eigenvalue weighted by molar-refractivity contribution is 0.852. The molecule has 0 unspecified atom stereocenters. The highest BCUT2D eigenvalue weighted by molar-refractivity contribution is 7.18. The summed E-state index contributed by atoms with van der Waals surface area (Å²) < 4.78 is 1.83. The van der Waals surface area contributed by atoms with E-state index < -0.39 is 0 Å². The number of nitrogens with zero attached hydrogens (tertiary/aromatic N) is 5. The van der Waals surface area contributed by atoms with Crippen LogP contribution in [0.3, 0.4) is 0 Å². The fourth-order valence-electron chi connectivity index (χ4n) is 2.41. The van der Waals surface area contributed by atoms with Gasteiger partial charge in [0, 0.05) is 17.1 Å². The van der Waals surface area contributed by atoms with Crippen LogP contribution in [0.25, 0.3) is 15.9 Å². The van der Waals surface area contributed by atoms with Crippen molar-refractivity contribution < 1.29 is 0 Å². The second-order valence-electron chi connectivity index (χ2n) is 4.90. The average molecular weight is 310 g/mol. The largest absolute Gasteiger partial charge is 0.364 e. The summed E-state index contributed by atoms with van der Waals surface area (Å²) in [4.78, 5) is 15.3. The number of rotatable bonds is 4. The van der Waals surface area contributed by atoms with Crippen molar-refractivity contribution in [2.45, 2.75) is 19.9 Å². The van der Waals surface area contributed by atoms with Crippen LogP contribution < -0.4 is 5.32 Å². The van der Waals surface area contributed by atoms with Crippen LogP contribution in [0.4, 0.5) is 5.82 Å². The molecule has 0 saturated carbocycles. The number of anilines is 1. The van der Waals surface area contributed by atoms with Crippen molar-refractivity contribution in [2.24, 2.45) is 0 Å². The molecule has 0 aliphatic carbocycles. The minimum absolute atomic E-state index is 0.629. The van der Waals surface area contributed by atoms with Crippen LogP contribution in [-0.2, 0) is 13.0 Å². The predicted octanol–water partition coefficient (Wildman–Crippen LogP) is 2.91. The summed E-state index contributed by atoms with van der Waals surface area (Å²) in [6.45, 7) is 2.78. The van der Waals surface area contributed by atoms with Gasteiger partial charge in [0.25, 0.3) is 0 Å². The summed E-state index contributed by atoms with van der Waals surface area (Å²) in [5.74, 6) is 0.859. The van der Waals surface area contributed by atoms with E-state index in [9.17, 15) is 0 Å². The minimum atomic E-state index is 0.629. The van der Waals surface area contributed by atoms with Crippen molar-refractivity contribution in [1.82, 2.24) is 24.6 Å². The van der Waals surface area contributed by atoms with Gasteiger partial charge >= 0.3 is 0 Å². The topological polar surface area (TPSA) is 68.0 Å². The SMILES string of the molecule is CCc1cc2c(NCc3ccnc4ccnn34)ncnc2s1. The van der Waals surface area contributed by atoms with Crippen LogP contribution in [0.1, 0.15) is 17.5 Å². The molecule has 7 heteroatoms. The van der Waals surface area contributed by atoms with E-state index in [0.717, 1.165) is 33.8 Å². The van der Waals surface area contributed by atoms with E-state index in [1.165, 1.54) is 4.88 Å². The maximum atomic E-state index is 4.38. The Labute approximate surface area is 130 Å². The third-order valence-corrected chi connectivity index (χ3v) is 4.72. The molecule has 0 saturated heterocycles. The van der Waals surface area contributed by atoms with Gasteiger partial charge < -0.3 is 5.32 Å². The lowest BCUT2D eigenvalue weighted by Crippen LogP contribution is -2.07. The second-order valence-corrected chi connectivity index (χ2v) is 6.01. The summed E-state index contributed by atoms with van der Waals surface area (Å²) in [5.41, 5.74) is 1.88. The molecule has 1 N–H and O–H groups in total. The van der Waals surface area contributed by atoms with Gasteiger partial charge in [0.2, 0.25) is 0 Å². The van der Waals surface area contributed by atoms with Gasteiger partial charge in [-0.3, -0.25) is 0 Å². The molecule has 6 nitrogen and oxygen atoms in total. The molecule has 4 heterocycles. The third-order valence-electron chi connectivity index (χ3n) is 3.53. The highest BCUT2D eigenvalue weighted by Crippen LogP contribution is 2.28. The first-order chi connectivity index (χ1) is 10.8. The molecule has 0 aliphatic rings. The van der Waals surface area contributed by atoms with E-state index >= 15 is 0 Å². The van der Waals surface area contributed by atoms with E-state index in [1.807, 2.05) is 16.6 Å². The Hall–Kier alpha value is -2.54. The number of aryl methyl sites for hydroxylation is 1. The molecule has 4 aromatic heterocycles. The summed E-state index contributed by atoms with van der Waals surface area (Å²) in [6, 6.07) is 6.01. The van der Waals surface area contributed by atoms with Gasteiger partial charge in [0.1, 0.15) is 17.0 Å². The minimum Gasteiger partial charge on any atom is -0.364 e. The van der Waals surface area contributed by atoms with Crippen LogP contribution in [0, 0.1) is 0 Å². The number of hydrogen-bond donors (Lipinski definition) is 1. The standard InChI is InChI=1S/C15H14N6S/c1-2-11-7-12-14(18-9-19-15(12)22-11)17-8-10-3-5-16-13-4-6-20-21(10)13/h3-7,9H,2,8H2,1H3,(H,17,18,19). The first-order valence-electron chi connectivity index (χ1n) is 7.10. The van der Waals surface area contributed by atoms with Crippen LogP contribution in [0.5, 0.6) is 0 Å². The summed E-state index contributed by atoms with van der Waals surface area (Å²) in [7, 11) is 0. The van der Waals surface area contributed by atoms with Crippen molar-refractivity contribution >= 4 is 33.0 Å². The molecular formula is C15H14N6S. The number of thiophene rings is 1. The van der Waals surface area contributed by atoms with Crippen molar-refractivity contribution in [3.63, 3.8) is 0 Å². The van der Waals surface area contributed by atoms with E-state index in [-0.39, 0.29) is 0 Å². The molecule has 22 heavy (non-hydrogen) atoms. The fraction of sp³-hybridized carbons (Fsp3) is 0.200. The summed E-state index contributed by atoms with van der Waals surface area (Å²) in [5, 5.41) is 8.76. The fourth-order valence-corrected chi connectivity index (χ4v) is 3.35. The molecule has 0 radical (unpaired) electrons. The van der Waals surface area contributed by atoms with Crippen LogP contribution in [0.2, 0.25) is 0 Å². The molecule has 0 aromatic carbocycles. The zero-order valence-corrected chi connectivity index (χ0v) is 12.8. The van der Waals surface area contributed by atoms with Crippen LogP contribution in [0.15, 0.2) is 36.9 Å². The molecule has 110 valence electrons. The van der Waals surface area contributed by atoms with Crippen LogP contribution in [-0.4, -0.2) is 24.6 Å². The van der Waals surface area contributed by atoms with Crippen molar-refractivity contribution in [3.8, 4) is 0 Å². The van der Waals surface area contributed by atoms with Gasteiger partial charge in [-0.15, -0.1) is 11.3 Å². The Morgan fingerprint density at radius 1 is 1.18 bits per heavy atom. The maximum absolute atomic E-state index is 4.38. The normalized spacial score (nSPS) is 11.3. The first kappa shape index (κ1) is 13.1. The monoisotopic (exact) mass is 310 g/mol. The number of aromatic nitrogens is 5. The van der Waals surface area contributed by atoms with Gasteiger partial charge in [-0.05, 0) is 18.6 Å². The molecule has 0 fully saturated rings. The van der Waals surface area contributed by atoms with Gasteiger partial charge in [0.15, 0.2) is 5.65 Å². The average Bonchev–Trinajstić information content (AvgIpc) is 3.19. The van der Waals surface area contributed by atoms with Gasteiger partial charge in [-0.1, -0.05) is 6.92 Å². The number of fused-ring (bicyclic) bond motifs is 2. The van der Waals surface area contributed by atoms with E-state index in [1.54, 1.807) is 30.1 Å². The molecule has 0 atom stereocenters. The summed E-state index contributed by atoms with van der Waals surface area (Å²) in [6.07, 6.45) is 6.17. The predicted molar refractivity (Wildman–Crippen MR) is 87.1 cm³/mol. The molecule has 4 rings (SSSR count). The van der Waals surface area contributed by atoms with E-state index in [0.29, 0.717) is 6.54 Å². The highest BCUT2D eigenvalue weighted by atomic mass is 32.1. The zero-order chi connectivity index (χ0) is 14.9. The number of nitrogens with one attached hydrogen (secondary N) is 1. The maximum Gasteiger partial charge on any atom is 0.155 e. The quantitative estimate of drug-likeness (QED) is 0.628. The smallest absolute Gasteiger partial charge is 0.155 e. The number of hydrogen-bond acceptors (Lipinski definition) is 6. The third kappa shape index (κ3) is 2.19. The Bertz CT molecular complexity index is 941. The molecule has 0 amide bonds. The molecule has 4 aromatic rings. The molecule has 0 spiro atoms. The second kappa shape index (κ2) is 5.34. The zero-order valence-electron chi connectivity index (χ0n) is 12.0. The van der Waals surface area contributed by atoms with Gasteiger partial charge in [-0.2, -0.15) is 5.10 Å². The van der Waals surface area contributed by atoms with Gasteiger partial charge in [-0.25, -0.2) is 19.5 Å². The van der Waals surface area contributed by atoms with Gasteiger partial charge in [0.05, 0.1) is 23.8 Å². The Kier molecular flexibility index (Phi) is 3.19. The van der Waals surface area contributed by atoms with E-state index in [2.05, 4.69) is 38.4 Å².